The number of nitriles is 1. The summed E-state index contributed by atoms with van der Waals surface area (Å²) in [7, 11) is -4.05. The van der Waals surface area contributed by atoms with Gasteiger partial charge in [0.1, 0.15) is 29.5 Å². The molecule has 0 radical (unpaired) electrons. The summed E-state index contributed by atoms with van der Waals surface area (Å²) >= 11 is 0.893. The van der Waals surface area contributed by atoms with E-state index in [2.05, 4.69) is 31.2 Å². The molecule has 57 heavy (non-hydrogen) atoms. The number of aromatic nitrogens is 3. The number of sulfonamides is 1. The average Bonchev–Trinajstić information content (AvgIpc) is 3.68. The maximum atomic E-state index is 13.6. The Hall–Kier alpha value is -5.85. The predicted octanol–water partition coefficient (Wildman–Crippen LogP) is 8.43. The number of carbonyl (C=O) groups excluding carboxylic acids is 2. The summed E-state index contributed by atoms with van der Waals surface area (Å²) < 4.78 is 44.6. The van der Waals surface area contributed by atoms with Gasteiger partial charge in [-0.25, -0.2) is 18.2 Å². The number of rotatable bonds is 12. The number of aryl methyl sites for hydroxylation is 1. The molecule has 15 heteroatoms. The number of hydrogen-bond donors (Lipinski definition) is 1. The zero-order valence-corrected chi connectivity index (χ0v) is 34.2. The Kier molecular flexibility index (Phi) is 12.5. The molecule has 5 aromatic rings. The van der Waals surface area contributed by atoms with E-state index in [9.17, 15) is 23.3 Å². The lowest BCUT2D eigenvalue weighted by Gasteiger charge is -2.33. The summed E-state index contributed by atoms with van der Waals surface area (Å²) in [5.41, 5.74) is 4.42. The number of carbonyl (C=O) groups is 2. The van der Waals surface area contributed by atoms with E-state index in [1.807, 2.05) is 81.1 Å². The molecule has 6 rings (SSSR count). The van der Waals surface area contributed by atoms with Crippen LogP contribution < -0.4 is 9.46 Å². The number of nitrogens with one attached hydrogen (secondary N) is 1. The number of likely N-dealkylation sites (tertiary alicyclic amines) is 1. The Bertz CT molecular complexity index is 2380. The van der Waals surface area contributed by atoms with Gasteiger partial charge in [0.2, 0.25) is 11.0 Å². The fourth-order valence-electron chi connectivity index (χ4n) is 6.58. The van der Waals surface area contributed by atoms with Gasteiger partial charge in [0.25, 0.3) is 10.0 Å². The third-order valence-electron chi connectivity index (χ3n) is 9.51. The molecule has 0 unspecified atom stereocenters. The van der Waals surface area contributed by atoms with Crippen LogP contribution in [0.15, 0.2) is 90.2 Å². The number of nitrogens with zero attached hydrogens (tertiary/aromatic N) is 6. The van der Waals surface area contributed by atoms with Crippen molar-refractivity contribution >= 4 is 38.7 Å². The highest BCUT2D eigenvalue weighted by Crippen LogP contribution is 2.39. The molecular formula is C42H45N7O6S2. The van der Waals surface area contributed by atoms with Gasteiger partial charge in [0.05, 0.1) is 22.7 Å². The Balaban J connectivity index is 1.31. The molecule has 3 heterocycles. The van der Waals surface area contributed by atoms with E-state index in [4.69, 9.17) is 9.47 Å². The van der Waals surface area contributed by atoms with E-state index in [1.165, 1.54) is 24.5 Å². The molecule has 0 spiro atoms. The fourth-order valence-corrected chi connectivity index (χ4v) is 8.26. The Morgan fingerprint density at radius 2 is 1.74 bits per heavy atom. The molecule has 0 saturated carbocycles. The van der Waals surface area contributed by atoms with E-state index in [-0.39, 0.29) is 33.8 Å². The first-order valence-electron chi connectivity index (χ1n) is 18.6. The van der Waals surface area contributed by atoms with Crippen molar-refractivity contribution in [2.24, 2.45) is 5.92 Å². The summed E-state index contributed by atoms with van der Waals surface area (Å²) in [5, 5.41) is 10.2. The Morgan fingerprint density at radius 1 is 0.982 bits per heavy atom. The van der Waals surface area contributed by atoms with Crippen LogP contribution in [0.4, 0.5) is 9.93 Å². The molecule has 0 aliphatic carbocycles. The van der Waals surface area contributed by atoms with Crippen molar-refractivity contribution in [2.75, 3.05) is 24.4 Å². The number of anilines is 1. The second-order valence-corrected chi connectivity index (χ2v) is 17.4. The van der Waals surface area contributed by atoms with E-state index in [0.29, 0.717) is 42.6 Å². The molecule has 13 nitrogen and oxygen atoms in total. The number of hydrogen-bond acceptors (Lipinski definition) is 11. The highest BCUT2D eigenvalue weighted by molar-refractivity contribution is 7.93. The molecular weight excluding hydrogens is 763 g/mol. The molecule has 2 aromatic heterocycles. The largest absolute Gasteiger partial charge is 0.455 e. The second kappa shape index (κ2) is 17.5. The molecule has 296 valence electrons. The minimum Gasteiger partial charge on any atom is -0.455 e. The number of ether oxygens (including phenoxy) is 2. The van der Waals surface area contributed by atoms with Gasteiger partial charge in [-0.2, -0.15) is 9.64 Å². The quantitative estimate of drug-likeness (QED) is 0.129. The summed E-state index contributed by atoms with van der Waals surface area (Å²) in [6.45, 7) is 11.2. The number of benzene rings is 3. The molecule has 2 amide bonds. The minimum absolute atomic E-state index is 0.0132. The summed E-state index contributed by atoms with van der Waals surface area (Å²) in [4.78, 5) is 37.4. The lowest BCUT2D eigenvalue weighted by atomic mass is 9.93. The molecule has 0 bridgehead atoms. The van der Waals surface area contributed by atoms with Crippen molar-refractivity contribution in [1.29, 1.82) is 5.26 Å². The smallest absolute Gasteiger partial charge is 0.410 e. The second-order valence-electron chi connectivity index (χ2n) is 15.0. The monoisotopic (exact) mass is 807 g/mol. The van der Waals surface area contributed by atoms with Crippen molar-refractivity contribution in [1.82, 2.24) is 24.1 Å². The Labute approximate surface area is 337 Å². The van der Waals surface area contributed by atoms with Crippen LogP contribution in [-0.4, -0.2) is 69.8 Å². The fraction of sp³-hybridized carbons (Fsp3) is 0.333. The molecule has 3 aromatic carbocycles. The van der Waals surface area contributed by atoms with E-state index < -0.39 is 21.7 Å². The number of piperidine rings is 1. The van der Waals surface area contributed by atoms with Gasteiger partial charge >= 0.3 is 6.09 Å². The van der Waals surface area contributed by atoms with E-state index in [1.54, 1.807) is 18.0 Å². The van der Waals surface area contributed by atoms with Gasteiger partial charge in [0.15, 0.2) is 0 Å². The Morgan fingerprint density at radius 3 is 2.42 bits per heavy atom. The standard InChI is InChI=1S/C42H45N7O6S2/c1-28-7-6-8-31(21-28)32-9-11-39(54-38-12-10-36(23-34(38)25-43)57(52,53)47-40-45-27-46-56-40)37(24-32)33-13-17-44-35(22-33)26-49(41(51)55-42(3,4)5)20-16-30-14-18-48(19-15-30)29(2)50/h6-13,17,21-24,27,30H,14-16,18-20,26H2,1-5H3,(H,45,46,47). The number of pyridine rings is 1. The van der Waals surface area contributed by atoms with Gasteiger partial charge in [-0.05, 0) is 112 Å². The van der Waals surface area contributed by atoms with Crippen LogP contribution >= 0.6 is 11.5 Å². The van der Waals surface area contributed by atoms with Crippen LogP contribution in [0.25, 0.3) is 22.3 Å². The van der Waals surface area contributed by atoms with Crippen LogP contribution in [0.5, 0.6) is 11.5 Å². The molecule has 0 atom stereocenters. The van der Waals surface area contributed by atoms with Gasteiger partial charge in [-0.15, -0.1) is 0 Å². The van der Waals surface area contributed by atoms with Gasteiger partial charge in [0, 0.05) is 49.9 Å². The lowest BCUT2D eigenvalue weighted by Crippen LogP contribution is -2.40. The molecule has 1 fully saturated rings. The summed E-state index contributed by atoms with van der Waals surface area (Å²) in [6, 6.07) is 23.8. The molecule has 1 N–H and O–H groups in total. The SMILES string of the molecule is CC(=O)N1CCC(CCN(Cc2cc(-c3cc(-c4cccc(C)c4)ccc3Oc3ccc(S(=O)(=O)Nc4ncns4)cc3C#N)ccn2)C(=O)OC(C)(C)C)CC1. The maximum absolute atomic E-state index is 13.6. The van der Waals surface area contributed by atoms with Gasteiger partial charge in [-0.3, -0.25) is 14.5 Å². The van der Waals surface area contributed by atoms with Crippen LogP contribution in [0.1, 0.15) is 63.8 Å². The predicted molar refractivity (Wildman–Crippen MR) is 218 cm³/mol. The minimum atomic E-state index is -4.05. The normalized spacial score (nSPS) is 13.4. The van der Waals surface area contributed by atoms with Gasteiger partial charge in [-0.1, -0.05) is 35.9 Å². The summed E-state index contributed by atoms with van der Waals surface area (Å²) in [5.74, 6) is 1.04. The van der Waals surface area contributed by atoms with Crippen molar-refractivity contribution in [3.8, 4) is 39.8 Å². The van der Waals surface area contributed by atoms with Crippen LogP contribution in [0, 0.1) is 24.2 Å². The third-order valence-corrected chi connectivity index (χ3v) is 11.6. The first kappa shape index (κ1) is 40.8. The summed E-state index contributed by atoms with van der Waals surface area (Å²) in [6.07, 6.45) is 5.01. The van der Waals surface area contributed by atoms with Crippen LogP contribution in [-0.2, 0) is 26.1 Å². The van der Waals surface area contributed by atoms with Crippen molar-refractivity contribution in [3.63, 3.8) is 0 Å². The molecule has 1 aliphatic rings. The zero-order chi connectivity index (χ0) is 40.7. The average molecular weight is 808 g/mol. The maximum Gasteiger partial charge on any atom is 0.410 e. The first-order chi connectivity index (χ1) is 27.2. The highest BCUT2D eigenvalue weighted by Gasteiger charge is 2.26. The van der Waals surface area contributed by atoms with Crippen molar-refractivity contribution < 1.29 is 27.5 Å². The highest BCUT2D eigenvalue weighted by atomic mass is 32.2. The van der Waals surface area contributed by atoms with E-state index >= 15 is 0 Å². The zero-order valence-electron chi connectivity index (χ0n) is 32.6. The first-order valence-corrected chi connectivity index (χ1v) is 20.8. The topological polar surface area (TPSA) is 168 Å². The third kappa shape index (κ3) is 10.7. The van der Waals surface area contributed by atoms with E-state index in [0.717, 1.165) is 53.0 Å². The number of amides is 2. The van der Waals surface area contributed by atoms with Crippen LogP contribution in [0.2, 0.25) is 0 Å². The van der Waals surface area contributed by atoms with Crippen molar-refractivity contribution in [3.05, 3.63) is 102 Å². The van der Waals surface area contributed by atoms with Gasteiger partial charge < -0.3 is 19.3 Å². The van der Waals surface area contributed by atoms with Crippen LogP contribution in [0.3, 0.4) is 0 Å². The molecule has 1 saturated heterocycles. The molecule has 1 aliphatic heterocycles. The van der Waals surface area contributed by atoms with Crippen molar-refractivity contribution in [2.45, 2.75) is 70.9 Å². The lowest BCUT2D eigenvalue weighted by molar-refractivity contribution is -0.130.